The first-order valence-electron chi connectivity index (χ1n) is 17.8. The van der Waals surface area contributed by atoms with E-state index in [1.165, 1.54) is 6.33 Å². The minimum absolute atomic E-state index is 0.0796. The van der Waals surface area contributed by atoms with E-state index in [9.17, 15) is 9.90 Å². The maximum Gasteiger partial charge on any atom is 0.256 e. The summed E-state index contributed by atoms with van der Waals surface area (Å²) < 4.78 is 29.5. The third-order valence-corrected chi connectivity index (χ3v) is 15.2. The number of nitrogens with one attached hydrogen (secondary N) is 1. The number of anilines is 1. The predicted octanol–water partition coefficient (Wildman–Crippen LogP) is 7.06. The molecule has 2 aliphatic rings. The Labute approximate surface area is 305 Å². The summed E-state index contributed by atoms with van der Waals surface area (Å²) in [6.07, 6.45) is 1.39. The Kier molecular flexibility index (Phi) is 9.89. The molecule has 1 aliphatic heterocycles. The molecule has 52 heavy (non-hydrogen) atoms. The van der Waals surface area contributed by atoms with Crippen molar-refractivity contribution in [3.63, 3.8) is 0 Å². The number of benzene rings is 3. The summed E-state index contributed by atoms with van der Waals surface area (Å²) in [5, 5.41) is 15.2. The van der Waals surface area contributed by atoms with Crippen LogP contribution in [0.4, 0.5) is 5.82 Å². The molecule has 0 bridgehead atoms. The van der Waals surface area contributed by atoms with Crippen molar-refractivity contribution < 1.29 is 28.5 Å². The van der Waals surface area contributed by atoms with Gasteiger partial charge in [0.05, 0.1) is 31.7 Å². The van der Waals surface area contributed by atoms with Gasteiger partial charge in [-0.2, -0.15) is 0 Å². The first-order chi connectivity index (χ1) is 24.9. The maximum absolute atomic E-state index is 13.1. The lowest BCUT2D eigenvalue weighted by atomic mass is 9.87. The summed E-state index contributed by atoms with van der Waals surface area (Å²) in [5.41, 5.74) is 1.24. The molecule has 2 N–H and O–H groups in total. The number of hydrogen-bond donors (Lipinski definition) is 2. The van der Waals surface area contributed by atoms with Gasteiger partial charge in [0.15, 0.2) is 37.1 Å². The topological polar surface area (TPSA) is 130 Å². The fourth-order valence-corrected chi connectivity index (χ4v) is 8.43. The number of carbonyl (C=O) groups excluding carboxylic acids is 1. The summed E-state index contributed by atoms with van der Waals surface area (Å²) in [5.74, 6) is -0.0749. The molecule has 7 rings (SSSR count). The van der Waals surface area contributed by atoms with E-state index in [1.807, 2.05) is 66.7 Å². The molecule has 2 aromatic heterocycles. The monoisotopic (exact) mass is 721 g/mol. The van der Waals surface area contributed by atoms with Gasteiger partial charge in [-0.25, -0.2) is 15.0 Å². The summed E-state index contributed by atoms with van der Waals surface area (Å²) in [4.78, 5) is 26.6. The van der Waals surface area contributed by atoms with E-state index in [1.54, 1.807) is 35.2 Å². The van der Waals surface area contributed by atoms with Gasteiger partial charge in [0.2, 0.25) is 0 Å². The Hall–Kier alpha value is -4.30. The third-order valence-electron chi connectivity index (χ3n) is 10.7. The smallest absolute Gasteiger partial charge is 0.256 e. The SMILES string of the molecule is CC(C)(C)[Si](C)(C)OC1([C@]2(COCc3ccccc3)O[C@@H](n3cnc4c(NC(=O)c5ccccc5)ncnc43)[C@@H](O)[C@@H]2OCc2ccccc2)CC1. The predicted molar refractivity (Wildman–Crippen MR) is 200 cm³/mol. The number of amides is 1. The standard InChI is InChI=1S/C40H47N5O6Si/c1-38(2,3)52(4,5)51-39(21-22-39)40(25-48-23-28-15-9-6-10-16-28)33(49-24-29-17-11-7-12-18-29)32(46)37(50-40)45-27-43-31-34(41-26-42-35(31)45)44-36(47)30-19-13-8-14-20-30/h6-20,26-27,32-33,37,46H,21-25H2,1-5H3,(H,41,42,44,47)/t32-,33-,37+,40+/m0/s1. The minimum Gasteiger partial charge on any atom is -0.408 e. The Bertz CT molecular complexity index is 1980. The summed E-state index contributed by atoms with van der Waals surface area (Å²) in [6.45, 7) is 11.8. The first-order valence-corrected chi connectivity index (χ1v) is 20.7. The first kappa shape index (κ1) is 36.1. The van der Waals surface area contributed by atoms with E-state index in [0.717, 1.165) is 24.0 Å². The molecule has 3 aromatic carbocycles. The van der Waals surface area contributed by atoms with E-state index >= 15 is 0 Å². The number of ether oxygens (including phenoxy) is 3. The molecule has 1 aliphatic carbocycles. The molecule has 5 aromatic rings. The van der Waals surface area contributed by atoms with Crippen LogP contribution in [-0.2, 0) is 31.9 Å². The number of hydrogen-bond acceptors (Lipinski definition) is 9. The lowest BCUT2D eigenvalue weighted by molar-refractivity contribution is -0.209. The van der Waals surface area contributed by atoms with Crippen molar-refractivity contribution in [3.8, 4) is 0 Å². The molecular weight excluding hydrogens is 675 g/mol. The molecule has 1 amide bonds. The number of fused-ring (bicyclic) bond motifs is 1. The average Bonchev–Trinajstić information content (AvgIpc) is 3.69. The number of carbonyl (C=O) groups is 1. The van der Waals surface area contributed by atoms with Gasteiger partial charge in [-0.05, 0) is 54.2 Å². The van der Waals surface area contributed by atoms with Gasteiger partial charge in [0, 0.05) is 5.56 Å². The molecule has 1 saturated heterocycles. The number of rotatable bonds is 13. The van der Waals surface area contributed by atoms with E-state index < -0.39 is 38.0 Å². The summed E-state index contributed by atoms with van der Waals surface area (Å²) in [6, 6.07) is 28.8. The van der Waals surface area contributed by atoms with Crippen LogP contribution in [0.25, 0.3) is 11.2 Å². The van der Waals surface area contributed by atoms with Gasteiger partial charge in [-0.1, -0.05) is 99.6 Å². The number of aliphatic hydroxyl groups is 1. The van der Waals surface area contributed by atoms with Crippen LogP contribution < -0.4 is 5.32 Å². The number of aromatic nitrogens is 4. The van der Waals surface area contributed by atoms with Crippen LogP contribution in [0.15, 0.2) is 104 Å². The van der Waals surface area contributed by atoms with E-state index in [-0.39, 0.29) is 30.0 Å². The molecule has 1 saturated carbocycles. The summed E-state index contributed by atoms with van der Waals surface area (Å²) >= 11 is 0. The fraction of sp³-hybridized carbons (Fsp3) is 0.400. The zero-order valence-electron chi connectivity index (χ0n) is 30.4. The van der Waals surface area contributed by atoms with Gasteiger partial charge in [0.1, 0.15) is 18.5 Å². The Morgan fingerprint density at radius 2 is 1.54 bits per heavy atom. The van der Waals surface area contributed by atoms with E-state index in [4.69, 9.17) is 18.6 Å². The van der Waals surface area contributed by atoms with Crippen LogP contribution in [0.2, 0.25) is 18.1 Å². The van der Waals surface area contributed by atoms with E-state index in [0.29, 0.717) is 23.3 Å². The zero-order chi connectivity index (χ0) is 36.6. The Balaban J connectivity index is 1.28. The molecule has 272 valence electrons. The average molecular weight is 722 g/mol. The molecule has 0 spiro atoms. The second kappa shape index (κ2) is 14.3. The van der Waals surface area contributed by atoms with Crippen molar-refractivity contribution in [2.24, 2.45) is 0 Å². The third kappa shape index (κ3) is 6.94. The zero-order valence-corrected chi connectivity index (χ0v) is 31.4. The van der Waals surface area contributed by atoms with Crippen molar-refractivity contribution in [1.82, 2.24) is 19.5 Å². The Morgan fingerprint density at radius 3 is 2.15 bits per heavy atom. The molecule has 11 nitrogen and oxygen atoms in total. The second-order valence-corrected chi connectivity index (χ2v) is 20.0. The number of imidazole rings is 1. The fourth-order valence-electron chi connectivity index (χ4n) is 6.77. The van der Waals surface area contributed by atoms with Crippen molar-refractivity contribution >= 4 is 31.2 Å². The molecule has 0 unspecified atom stereocenters. The maximum atomic E-state index is 13.1. The summed E-state index contributed by atoms with van der Waals surface area (Å²) in [7, 11) is -2.37. The van der Waals surface area contributed by atoms with Crippen molar-refractivity contribution in [1.29, 1.82) is 0 Å². The molecule has 12 heteroatoms. The highest BCUT2D eigenvalue weighted by Crippen LogP contribution is 2.60. The highest BCUT2D eigenvalue weighted by molar-refractivity contribution is 6.74. The highest BCUT2D eigenvalue weighted by atomic mass is 28.4. The largest absolute Gasteiger partial charge is 0.408 e. The van der Waals surface area contributed by atoms with Crippen molar-refractivity contribution in [2.75, 3.05) is 11.9 Å². The molecular formula is C40H47N5O6Si. The lowest BCUT2D eigenvalue weighted by Crippen LogP contribution is -2.62. The molecule has 0 radical (unpaired) electrons. The van der Waals surface area contributed by atoms with Crippen LogP contribution in [0.1, 0.15) is 61.3 Å². The van der Waals surface area contributed by atoms with Crippen LogP contribution in [-0.4, -0.2) is 68.9 Å². The van der Waals surface area contributed by atoms with Gasteiger partial charge in [-0.3, -0.25) is 9.36 Å². The lowest BCUT2D eigenvalue weighted by Gasteiger charge is -2.47. The van der Waals surface area contributed by atoms with Crippen LogP contribution in [0.3, 0.4) is 0 Å². The molecule has 4 atom stereocenters. The normalized spacial score (nSPS) is 22.8. The quantitative estimate of drug-likeness (QED) is 0.123. The van der Waals surface area contributed by atoms with Gasteiger partial charge < -0.3 is 29.1 Å². The van der Waals surface area contributed by atoms with Crippen LogP contribution in [0.5, 0.6) is 0 Å². The Morgan fingerprint density at radius 1 is 0.923 bits per heavy atom. The minimum atomic E-state index is -2.37. The van der Waals surface area contributed by atoms with Gasteiger partial charge in [0.25, 0.3) is 5.91 Å². The number of nitrogens with zero attached hydrogens (tertiary/aromatic N) is 4. The van der Waals surface area contributed by atoms with Crippen molar-refractivity contribution in [2.45, 2.75) is 94.6 Å². The number of aliphatic hydroxyl groups excluding tert-OH is 1. The van der Waals surface area contributed by atoms with Gasteiger partial charge >= 0.3 is 0 Å². The van der Waals surface area contributed by atoms with Crippen molar-refractivity contribution in [3.05, 3.63) is 120 Å². The van der Waals surface area contributed by atoms with E-state index in [2.05, 4.69) is 54.1 Å². The van der Waals surface area contributed by atoms with Crippen LogP contribution >= 0.6 is 0 Å². The van der Waals surface area contributed by atoms with Gasteiger partial charge in [-0.15, -0.1) is 0 Å². The highest BCUT2D eigenvalue weighted by Gasteiger charge is 2.73. The molecule has 2 fully saturated rings. The second-order valence-electron chi connectivity index (χ2n) is 15.3. The molecule has 3 heterocycles. The van der Waals surface area contributed by atoms with Crippen LogP contribution in [0, 0.1) is 0 Å².